The van der Waals surface area contributed by atoms with E-state index in [9.17, 15) is 0 Å². The van der Waals surface area contributed by atoms with Crippen molar-refractivity contribution in [2.45, 2.75) is 0 Å². The Morgan fingerprint density at radius 1 is 1.10 bits per heavy atom. The third-order valence-electron chi connectivity index (χ3n) is 2.80. The van der Waals surface area contributed by atoms with E-state index in [0.29, 0.717) is 16.3 Å². The molecule has 2 aromatic rings. The van der Waals surface area contributed by atoms with Crippen molar-refractivity contribution in [3.63, 3.8) is 0 Å². The molecule has 2 rings (SSSR count). The Bertz CT molecular complexity index is 672. The Kier molecular flexibility index (Phi) is 5.39. The highest BCUT2D eigenvalue weighted by atomic mass is 35.5. The van der Waals surface area contributed by atoms with Crippen LogP contribution >= 0.6 is 11.6 Å². The summed E-state index contributed by atoms with van der Waals surface area (Å²) in [6.07, 6.45) is 3.91. The summed E-state index contributed by atoms with van der Waals surface area (Å²) < 4.78 is 10.2. The lowest BCUT2D eigenvalue weighted by Gasteiger charge is -2.07. The van der Waals surface area contributed by atoms with Gasteiger partial charge in [0.1, 0.15) is 5.75 Å². The SMILES string of the molecule is COCOc1ccc(/C=C/c2ccc(C#N)cc2)cc1Cl. The Morgan fingerprint density at radius 2 is 1.76 bits per heavy atom. The van der Waals surface area contributed by atoms with Crippen molar-refractivity contribution in [1.29, 1.82) is 5.26 Å². The molecule has 0 unspecified atom stereocenters. The van der Waals surface area contributed by atoms with Crippen LogP contribution in [0.25, 0.3) is 12.2 Å². The van der Waals surface area contributed by atoms with Gasteiger partial charge >= 0.3 is 0 Å². The van der Waals surface area contributed by atoms with Crippen molar-refractivity contribution in [1.82, 2.24) is 0 Å². The van der Waals surface area contributed by atoms with Crippen LogP contribution in [0, 0.1) is 11.3 Å². The quantitative estimate of drug-likeness (QED) is 0.608. The fraction of sp³-hybridized carbons (Fsp3) is 0.118. The second-order valence-corrected chi connectivity index (χ2v) is 4.72. The van der Waals surface area contributed by atoms with Gasteiger partial charge in [-0.25, -0.2) is 0 Å². The van der Waals surface area contributed by atoms with E-state index in [1.807, 2.05) is 36.4 Å². The van der Waals surface area contributed by atoms with E-state index in [1.54, 1.807) is 25.3 Å². The highest BCUT2D eigenvalue weighted by Gasteiger charge is 2.01. The minimum absolute atomic E-state index is 0.167. The number of benzene rings is 2. The molecule has 0 N–H and O–H groups in total. The van der Waals surface area contributed by atoms with Crippen LogP contribution in [0.15, 0.2) is 42.5 Å². The Morgan fingerprint density at radius 3 is 2.38 bits per heavy atom. The number of ether oxygens (including phenoxy) is 2. The topological polar surface area (TPSA) is 42.2 Å². The van der Waals surface area contributed by atoms with Crippen molar-refractivity contribution >= 4 is 23.8 Å². The first-order chi connectivity index (χ1) is 10.2. The van der Waals surface area contributed by atoms with E-state index in [2.05, 4.69) is 6.07 Å². The van der Waals surface area contributed by atoms with Gasteiger partial charge in [0.15, 0.2) is 6.79 Å². The molecular formula is C17H14ClNO2. The van der Waals surface area contributed by atoms with Crippen molar-refractivity contribution < 1.29 is 9.47 Å². The summed E-state index contributed by atoms with van der Waals surface area (Å²) in [5.41, 5.74) is 2.63. The van der Waals surface area contributed by atoms with Gasteiger partial charge in [-0.15, -0.1) is 0 Å². The van der Waals surface area contributed by atoms with Crippen molar-refractivity contribution in [2.24, 2.45) is 0 Å². The lowest BCUT2D eigenvalue weighted by molar-refractivity contribution is 0.0512. The van der Waals surface area contributed by atoms with Crippen LogP contribution in [-0.4, -0.2) is 13.9 Å². The first kappa shape index (κ1) is 15.1. The lowest BCUT2D eigenvalue weighted by atomic mass is 10.1. The average molecular weight is 300 g/mol. The zero-order valence-electron chi connectivity index (χ0n) is 11.5. The molecule has 3 nitrogen and oxygen atoms in total. The standard InChI is InChI=1S/C17H14ClNO2/c1-20-12-21-17-9-8-14(10-16(17)18)5-2-13-3-6-15(11-19)7-4-13/h2-10H,12H2,1H3/b5-2+. The van der Waals surface area contributed by atoms with E-state index >= 15 is 0 Å². The predicted octanol–water partition coefficient (Wildman–Crippen LogP) is 4.36. The second-order valence-electron chi connectivity index (χ2n) is 4.31. The van der Waals surface area contributed by atoms with Crippen LogP contribution < -0.4 is 4.74 Å². The van der Waals surface area contributed by atoms with E-state index in [1.165, 1.54) is 0 Å². The molecule has 0 saturated heterocycles. The number of nitriles is 1. The number of hydrogen-bond donors (Lipinski definition) is 0. The zero-order valence-corrected chi connectivity index (χ0v) is 12.3. The Balaban J connectivity index is 2.10. The predicted molar refractivity (Wildman–Crippen MR) is 84.0 cm³/mol. The lowest BCUT2D eigenvalue weighted by Crippen LogP contribution is -1.99. The Hall–Kier alpha value is -2.28. The van der Waals surface area contributed by atoms with E-state index < -0.39 is 0 Å². The van der Waals surface area contributed by atoms with Gasteiger partial charge in [-0.05, 0) is 35.4 Å². The van der Waals surface area contributed by atoms with Gasteiger partial charge in [-0.1, -0.05) is 42.0 Å². The summed E-state index contributed by atoms with van der Waals surface area (Å²) in [7, 11) is 1.56. The third kappa shape index (κ3) is 4.35. The van der Waals surface area contributed by atoms with E-state index in [-0.39, 0.29) is 6.79 Å². The Labute approximate surface area is 129 Å². The van der Waals surface area contributed by atoms with Gasteiger partial charge in [-0.2, -0.15) is 5.26 Å². The summed E-state index contributed by atoms with van der Waals surface area (Å²) in [4.78, 5) is 0. The molecule has 0 heterocycles. The van der Waals surface area contributed by atoms with Gasteiger partial charge < -0.3 is 9.47 Å². The maximum Gasteiger partial charge on any atom is 0.188 e. The molecule has 0 bridgehead atoms. The van der Waals surface area contributed by atoms with Gasteiger partial charge in [0.2, 0.25) is 0 Å². The molecule has 0 fully saturated rings. The van der Waals surface area contributed by atoms with E-state index in [4.69, 9.17) is 26.3 Å². The minimum Gasteiger partial charge on any atom is -0.466 e. The summed E-state index contributed by atoms with van der Waals surface area (Å²) in [5, 5.41) is 9.29. The maximum absolute atomic E-state index is 8.75. The summed E-state index contributed by atoms with van der Waals surface area (Å²) in [6, 6.07) is 15.0. The molecule has 0 spiro atoms. The number of rotatable bonds is 5. The second kappa shape index (κ2) is 7.49. The molecule has 2 aromatic carbocycles. The number of hydrogen-bond acceptors (Lipinski definition) is 3. The van der Waals surface area contributed by atoms with Crippen molar-refractivity contribution in [2.75, 3.05) is 13.9 Å². The van der Waals surface area contributed by atoms with Crippen LogP contribution in [-0.2, 0) is 4.74 Å². The van der Waals surface area contributed by atoms with Crippen LogP contribution in [0.5, 0.6) is 5.75 Å². The molecule has 0 aromatic heterocycles. The zero-order chi connectivity index (χ0) is 15.1. The molecule has 0 atom stereocenters. The molecule has 0 amide bonds. The van der Waals surface area contributed by atoms with Gasteiger partial charge in [0, 0.05) is 7.11 Å². The fourth-order valence-electron chi connectivity index (χ4n) is 1.72. The largest absolute Gasteiger partial charge is 0.466 e. The normalized spacial score (nSPS) is 10.5. The molecule has 106 valence electrons. The first-order valence-corrected chi connectivity index (χ1v) is 6.70. The summed E-state index contributed by atoms with van der Waals surface area (Å²) in [6.45, 7) is 0.167. The van der Waals surface area contributed by atoms with Gasteiger partial charge in [0.25, 0.3) is 0 Å². The molecule has 4 heteroatoms. The summed E-state index contributed by atoms with van der Waals surface area (Å²) in [5.74, 6) is 0.592. The van der Waals surface area contributed by atoms with Gasteiger partial charge in [0.05, 0.1) is 16.7 Å². The summed E-state index contributed by atoms with van der Waals surface area (Å²) >= 11 is 6.14. The van der Waals surface area contributed by atoms with Crippen molar-refractivity contribution in [3.8, 4) is 11.8 Å². The van der Waals surface area contributed by atoms with Crippen molar-refractivity contribution in [3.05, 3.63) is 64.2 Å². The van der Waals surface area contributed by atoms with Crippen LogP contribution in [0.3, 0.4) is 0 Å². The molecule has 0 aliphatic carbocycles. The number of nitrogens with zero attached hydrogens (tertiary/aromatic N) is 1. The highest BCUT2D eigenvalue weighted by molar-refractivity contribution is 6.32. The number of halogens is 1. The smallest absolute Gasteiger partial charge is 0.188 e. The molecule has 0 radical (unpaired) electrons. The van der Waals surface area contributed by atoms with Crippen LogP contribution in [0.2, 0.25) is 5.02 Å². The number of methoxy groups -OCH3 is 1. The van der Waals surface area contributed by atoms with E-state index in [0.717, 1.165) is 11.1 Å². The minimum atomic E-state index is 0.167. The first-order valence-electron chi connectivity index (χ1n) is 6.32. The molecule has 0 aliphatic heterocycles. The fourth-order valence-corrected chi connectivity index (χ4v) is 1.96. The third-order valence-corrected chi connectivity index (χ3v) is 3.09. The van der Waals surface area contributed by atoms with Crippen LogP contribution in [0.4, 0.5) is 0 Å². The average Bonchev–Trinajstić information content (AvgIpc) is 2.52. The highest BCUT2D eigenvalue weighted by Crippen LogP contribution is 2.26. The molecule has 0 saturated carbocycles. The molecule has 0 aliphatic rings. The van der Waals surface area contributed by atoms with Gasteiger partial charge in [-0.3, -0.25) is 0 Å². The van der Waals surface area contributed by atoms with Crippen LogP contribution in [0.1, 0.15) is 16.7 Å². The maximum atomic E-state index is 8.75. The molecule has 21 heavy (non-hydrogen) atoms. The molecular weight excluding hydrogens is 286 g/mol. The monoisotopic (exact) mass is 299 g/mol.